The van der Waals surface area contributed by atoms with Crippen LogP contribution in [0, 0.1) is 29.5 Å². The summed E-state index contributed by atoms with van der Waals surface area (Å²) in [5.41, 5.74) is 5.74. The van der Waals surface area contributed by atoms with E-state index in [2.05, 4.69) is 61.4 Å². The van der Waals surface area contributed by atoms with Gasteiger partial charge < -0.3 is 0 Å². The SMILES string of the molecule is C=CCCc1ccc(C#Cc2ccc3c(F)c(C#Cc4ccc(CCCCCC)cc4)ccc3c2)cc1. The lowest BCUT2D eigenvalue weighted by Crippen LogP contribution is -1.88. The Hall–Kier alpha value is -4.07. The highest BCUT2D eigenvalue weighted by Gasteiger charge is 2.06. The maximum atomic E-state index is 15.2. The van der Waals surface area contributed by atoms with Crippen LogP contribution in [0.1, 0.15) is 72.4 Å². The molecule has 4 rings (SSSR count). The molecule has 0 aliphatic rings. The standard InChI is InChI=1S/C36H33F/c1-3-5-7-8-10-29-13-17-31(18-14-29)21-23-33-24-25-34-27-32(22-26-35(34)36(33)37)20-19-30-15-11-28(12-16-30)9-6-4-2/h4,11-18,22,24-27H,2-3,5-10H2,1H3. The second-order valence-electron chi connectivity index (χ2n) is 9.39. The molecule has 37 heavy (non-hydrogen) atoms. The van der Waals surface area contributed by atoms with E-state index in [1.807, 2.05) is 48.5 Å². The van der Waals surface area contributed by atoms with Gasteiger partial charge in [-0.15, -0.1) is 6.58 Å². The first-order chi connectivity index (χ1) is 18.2. The third-order valence-corrected chi connectivity index (χ3v) is 6.51. The van der Waals surface area contributed by atoms with E-state index in [1.165, 1.54) is 36.8 Å². The smallest absolute Gasteiger partial charge is 0.146 e. The van der Waals surface area contributed by atoms with E-state index in [-0.39, 0.29) is 5.82 Å². The zero-order valence-electron chi connectivity index (χ0n) is 21.6. The van der Waals surface area contributed by atoms with Gasteiger partial charge in [-0.2, -0.15) is 0 Å². The first-order valence-electron chi connectivity index (χ1n) is 13.2. The summed E-state index contributed by atoms with van der Waals surface area (Å²) in [5, 5.41) is 1.38. The molecule has 4 aromatic carbocycles. The maximum absolute atomic E-state index is 15.2. The third kappa shape index (κ3) is 7.46. The first-order valence-corrected chi connectivity index (χ1v) is 13.2. The molecule has 0 heterocycles. The van der Waals surface area contributed by atoms with E-state index < -0.39 is 0 Å². The van der Waals surface area contributed by atoms with Crippen molar-refractivity contribution >= 4 is 10.8 Å². The van der Waals surface area contributed by atoms with Crippen LogP contribution in [-0.2, 0) is 12.8 Å². The van der Waals surface area contributed by atoms with E-state index in [1.54, 1.807) is 12.1 Å². The zero-order valence-corrected chi connectivity index (χ0v) is 21.6. The molecule has 1 heteroatoms. The normalized spacial score (nSPS) is 10.3. The summed E-state index contributed by atoms with van der Waals surface area (Å²) in [6.07, 6.45) is 10.0. The van der Waals surface area contributed by atoms with Gasteiger partial charge in [0.05, 0.1) is 5.56 Å². The molecule has 0 aliphatic carbocycles. The van der Waals surface area contributed by atoms with Crippen molar-refractivity contribution in [2.45, 2.75) is 51.9 Å². The topological polar surface area (TPSA) is 0 Å². The Morgan fingerprint density at radius 2 is 1.30 bits per heavy atom. The zero-order chi connectivity index (χ0) is 25.9. The van der Waals surface area contributed by atoms with Crippen molar-refractivity contribution in [2.75, 3.05) is 0 Å². The summed E-state index contributed by atoms with van der Waals surface area (Å²) in [6, 6.07) is 25.9. The van der Waals surface area contributed by atoms with Crippen LogP contribution in [0.15, 0.2) is 91.5 Å². The molecule has 0 bridgehead atoms. The van der Waals surface area contributed by atoms with Crippen molar-refractivity contribution in [3.63, 3.8) is 0 Å². The van der Waals surface area contributed by atoms with Gasteiger partial charge in [0.15, 0.2) is 0 Å². The molecule has 0 fully saturated rings. The second kappa shape index (κ2) is 13.3. The van der Waals surface area contributed by atoms with Gasteiger partial charge in [0, 0.05) is 22.1 Å². The van der Waals surface area contributed by atoms with Crippen molar-refractivity contribution < 1.29 is 4.39 Å². The van der Waals surface area contributed by atoms with E-state index in [9.17, 15) is 0 Å². The quantitative estimate of drug-likeness (QED) is 0.133. The molecule has 0 aliphatic heterocycles. The van der Waals surface area contributed by atoms with Crippen molar-refractivity contribution in [1.29, 1.82) is 0 Å². The molecular formula is C36H33F. The molecule has 0 saturated carbocycles. The Morgan fingerprint density at radius 1 is 0.676 bits per heavy atom. The highest BCUT2D eigenvalue weighted by atomic mass is 19.1. The predicted octanol–water partition coefficient (Wildman–Crippen LogP) is 9.02. The highest BCUT2D eigenvalue weighted by molar-refractivity contribution is 5.86. The van der Waals surface area contributed by atoms with Gasteiger partial charge >= 0.3 is 0 Å². The molecule has 0 atom stereocenters. The maximum Gasteiger partial charge on any atom is 0.146 e. The van der Waals surface area contributed by atoms with Gasteiger partial charge in [0.1, 0.15) is 5.82 Å². The Kier molecular flexibility index (Phi) is 9.35. The Morgan fingerprint density at radius 3 is 1.97 bits per heavy atom. The number of rotatable bonds is 8. The minimum Gasteiger partial charge on any atom is -0.205 e. The summed E-state index contributed by atoms with van der Waals surface area (Å²) >= 11 is 0. The Labute approximate surface area is 221 Å². The Bertz CT molecular complexity index is 1470. The number of unbranched alkanes of at least 4 members (excludes halogenated alkanes) is 3. The van der Waals surface area contributed by atoms with E-state index >= 15 is 4.39 Å². The average molecular weight is 485 g/mol. The molecule has 4 aromatic rings. The molecule has 0 N–H and O–H groups in total. The van der Waals surface area contributed by atoms with Crippen LogP contribution in [0.4, 0.5) is 4.39 Å². The van der Waals surface area contributed by atoms with Crippen LogP contribution in [0.3, 0.4) is 0 Å². The number of hydrogen-bond donors (Lipinski definition) is 0. The van der Waals surface area contributed by atoms with Gasteiger partial charge in [-0.25, -0.2) is 4.39 Å². The first kappa shape index (κ1) is 26.0. The summed E-state index contributed by atoms with van der Waals surface area (Å²) in [4.78, 5) is 0. The number of benzene rings is 4. The summed E-state index contributed by atoms with van der Waals surface area (Å²) in [6.45, 7) is 6.00. The van der Waals surface area contributed by atoms with Crippen molar-refractivity contribution in [1.82, 2.24) is 0 Å². The van der Waals surface area contributed by atoms with Gasteiger partial charge in [-0.3, -0.25) is 0 Å². The number of allylic oxidation sites excluding steroid dienone is 1. The average Bonchev–Trinajstić information content (AvgIpc) is 2.94. The molecule has 184 valence electrons. The fourth-order valence-electron chi connectivity index (χ4n) is 4.28. The van der Waals surface area contributed by atoms with Crippen molar-refractivity contribution in [3.8, 4) is 23.7 Å². The lowest BCUT2D eigenvalue weighted by molar-refractivity contribution is 0.636. The van der Waals surface area contributed by atoms with Crippen LogP contribution >= 0.6 is 0 Å². The van der Waals surface area contributed by atoms with Gasteiger partial charge in [0.25, 0.3) is 0 Å². The molecule has 0 unspecified atom stereocenters. The van der Waals surface area contributed by atoms with Gasteiger partial charge in [-0.1, -0.05) is 92.3 Å². The number of hydrogen-bond acceptors (Lipinski definition) is 0. The van der Waals surface area contributed by atoms with Gasteiger partial charge in [0.2, 0.25) is 0 Å². The third-order valence-electron chi connectivity index (χ3n) is 6.51. The van der Waals surface area contributed by atoms with E-state index in [4.69, 9.17) is 0 Å². The van der Waals surface area contributed by atoms with Crippen molar-refractivity contribution in [3.05, 3.63) is 131 Å². The fraction of sp³-hybridized carbons (Fsp3) is 0.222. The summed E-state index contributed by atoms with van der Waals surface area (Å²) in [7, 11) is 0. The van der Waals surface area contributed by atoms with Crippen LogP contribution in [0.25, 0.3) is 10.8 Å². The minimum absolute atomic E-state index is 0.285. The fourth-order valence-corrected chi connectivity index (χ4v) is 4.28. The number of halogens is 1. The van der Waals surface area contributed by atoms with Crippen LogP contribution in [0.5, 0.6) is 0 Å². The summed E-state index contributed by atoms with van der Waals surface area (Å²) in [5.74, 6) is 12.3. The number of fused-ring (bicyclic) bond motifs is 1. The lowest BCUT2D eigenvalue weighted by atomic mass is 10.0. The minimum atomic E-state index is -0.285. The Balaban J connectivity index is 1.45. The van der Waals surface area contributed by atoms with Crippen LogP contribution < -0.4 is 0 Å². The number of aryl methyl sites for hydroxylation is 2. The second-order valence-corrected chi connectivity index (χ2v) is 9.39. The molecule has 0 saturated heterocycles. The lowest BCUT2D eigenvalue weighted by Gasteiger charge is -2.03. The molecular weight excluding hydrogens is 451 g/mol. The van der Waals surface area contributed by atoms with Crippen molar-refractivity contribution in [2.24, 2.45) is 0 Å². The molecule has 0 amide bonds. The van der Waals surface area contributed by atoms with Crippen LogP contribution in [-0.4, -0.2) is 0 Å². The predicted molar refractivity (Wildman–Crippen MR) is 155 cm³/mol. The van der Waals surface area contributed by atoms with E-state index in [0.29, 0.717) is 10.9 Å². The molecule has 0 aromatic heterocycles. The largest absolute Gasteiger partial charge is 0.205 e. The summed E-state index contributed by atoms with van der Waals surface area (Å²) < 4.78 is 15.2. The highest BCUT2D eigenvalue weighted by Crippen LogP contribution is 2.22. The van der Waals surface area contributed by atoms with E-state index in [0.717, 1.165) is 41.3 Å². The molecule has 0 spiro atoms. The monoisotopic (exact) mass is 484 g/mol. The molecule has 0 nitrogen and oxygen atoms in total. The van der Waals surface area contributed by atoms with Crippen LogP contribution in [0.2, 0.25) is 0 Å². The van der Waals surface area contributed by atoms with Gasteiger partial charge in [-0.05, 0) is 84.7 Å². The molecule has 0 radical (unpaired) electrons.